The lowest BCUT2D eigenvalue weighted by molar-refractivity contribution is 1.45. The van der Waals surface area contributed by atoms with Crippen molar-refractivity contribution in [2.24, 2.45) is 0 Å². The fraction of sp³-hybridized carbons (Fsp3) is 0.182. The highest BCUT2D eigenvalue weighted by Crippen LogP contribution is 2.07. The molecule has 68 valence electrons. The van der Waals surface area contributed by atoms with E-state index in [1.807, 2.05) is 24.3 Å². The van der Waals surface area contributed by atoms with Gasteiger partial charge in [-0.1, -0.05) is 17.7 Å². The molecule has 2 N–H and O–H groups in total. The zero-order valence-electron chi connectivity index (χ0n) is 7.96. The quantitative estimate of drug-likeness (QED) is 0.679. The average molecular weight is 174 g/mol. The molecule has 0 aliphatic heterocycles. The van der Waals surface area contributed by atoms with Gasteiger partial charge in [0.25, 0.3) is 0 Å². The van der Waals surface area contributed by atoms with Gasteiger partial charge >= 0.3 is 0 Å². The summed E-state index contributed by atoms with van der Waals surface area (Å²) < 4.78 is 0. The van der Waals surface area contributed by atoms with Gasteiger partial charge in [0.15, 0.2) is 0 Å². The highest BCUT2D eigenvalue weighted by atomic mass is 14.8. The number of aryl methyl sites for hydroxylation is 1. The molecule has 0 aliphatic rings. The van der Waals surface area contributed by atoms with Crippen LogP contribution in [0.3, 0.4) is 0 Å². The second-order valence-corrected chi connectivity index (χ2v) is 3.03. The summed E-state index contributed by atoms with van der Waals surface area (Å²) in [6.07, 6.45) is 3.49. The molecule has 0 fully saturated rings. The maximum absolute atomic E-state index is 7.17. The van der Waals surface area contributed by atoms with E-state index in [4.69, 9.17) is 5.41 Å². The van der Waals surface area contributed by atoms with Crippen molar-refractivity contribution in [2.45, 2.75) is 13.8 Å². The van der Waals surface area contributed by atoms with Gasteiger partial charge in [-0.2, -0.15) is 0 Å². The first-order chi connectivity index (χ1) is 6.18. The zero-order valence-corrected chi connectivity index (χ0v) is 7.96. The molecule has 0 spiro atoms. The van der Waals surface area contributed by atoms with Crippen LogP contribution >= 0.6 is 0 Å². The molecule has 0 unspecified atom stereocenters. The molecular weight excluding hydrogens is 160 g/mol. The highest BCUT2D eigenvalue weighted by Gasteiger charge is 1.86. The number of rotatable bonds is 3. The Labute approximate surface area is 78.8 Å². The molecule has 0 aliphatic carbocycles. The van der Waals surface area contributed by atoms with E-state index in [0.29, 0.717) is 5.71 Å². The molecule has 13 heavy (non-hydrogen) atoms. The first-order valence-electron chi connectivity index (χ1n) is 4.23. The fourth-order valence-corrected chi connectivity index (χ4v) is 0.913. The number of benzene rings is 1. The maximum Gasteiger partial charge on any atom is 0.0379 e. The lowest BCUT2D eigenvalue weighted by atomic mass is 10.2. The van der Waals surface area contributed by atoms with Crippen molar-refractivity contribution in [3.63, 3.8) is 0 Å². The van der Waals surface area contributed by atoms with Gasteiger partial charge < -0.3 is 10.7 Å². The van der Waals surface area contributed by atoms with Gasteiger partial charge in [-0.15, -0.1) is 0 Å². The van der Waals surface area contributed by atoms with Crippen LogP contribution in [-0.2, 0) is 0 Å². The van der Waals surface area contributed by atoms with E-state index in [1.165, 1.54) is 5.56 Å². The summed E-state index contributed by atoms with van der Waals surface area (Å²) in [5.41, 5.74) is 2.83. The number of hydrogen-bond donors (Lipinski definition) is 2. The molecule has 0 saturated heterocycles. The lowest BCUT2D eigenvalue weighted by Crippen LogP contribution is -1.89. The molecule has 0 heterocycles. The molecule has 0 bridgehead atoms. The van der Waals surface area contributed by atoms with Gasteiger partial charge in [0.1, 0.15) is 0 Å². The topological polar surface area (TPSA) is 35.9 Å². The van der Waals surface area contributed by atoms with Crippen LogP contribution in [0.15, 0.2) is 36.5 Å². The summed E-state index contributed by atoms with van der Waals surface area (Å²) in [6.45, 7) is 3.80. The van der Waals surface area contributed by atoms with Crippen molar-refractivity contribution < 1.29 is 0 Å². The van der Waals surface area contributed by atoms with Crippen LogP contribution in [-0.4, -0.2) is 5.71 Å². The molecule has 0 saturated carbocycles. The van der Waals surface area contributed by atoms with Crippen LogP contribution in [0, 0.1) is 12.3 Å². The van der Waals surface area contributed by atoms with Crippen molar-refractivity contribution in [3.8, 4) is 0 Å². The summed E-state index contributed by atoms with van der Waals surface area (Å²) in [5.74, 6) is 0. The second kappa shape index (κ2) is 4.45. The highest BCUT2D eigenvalue weighted by molar-refractivity contribution is 5.90. The van der Waals surface area contributed by atoms with E-state index in [-0.39, 0.29) is 0 Å². The van der Waals surface area contributed by atoms with Gasteiger partial charge in [0, 0.05) is 17.6 Å². The average Bonchev–Trinajstić information content (AvgIpc) is 2.08. The van der Waals surface area contributed by atoms with Gasteiger partial charge in [0.2, 0.25) is 0 Å². The predicted octanol–water partition coefficient (Wildman–Crippen LogP) is 2.96. The van der Waals surface area contributed by atoms with E-state index < -0.39 is 0 Å². The van der Waals surface area contributed by atoms with Crippen molar-refractivity contribution in [1.82, 2.24) is 0 Å². The molecule has 2 nitrogen and oxygen atoms in total. The normalized spacial score (nSPS) is 10.3. The SMILES string of the molecule is CC(=N)/C=C\Nc1ccc(C)cc1. The van der Waals surface area contributed by atoms with Crippen LogP contribution in [0.2, 0.25) is 0 Å². The second-order valence-electron chi connectivity index (χ2n) is 3.03. The van der Waals surface area contributed by atoms with E-state index in [2.05, 4.69) is 12.2 Å². The third kappa shape index (κ3) is 3.56. The number of allylic oxidation sites excluding steroid dienone is 1. The Hall–Kier alpha value is -1.57. The Morgan fingerprint density at radius 1 is 1.31 bits per heavy atom. The first-order valence-corrected chi connectivity index (χ1v) is 4.23. The van der Waals surface area contributed by atoms with Crippen LogP contribution in [0.1, 0.15) is 12.5 Å². The number of anilines is 1. The van der Waals surface area contributed by atoms with Crippen molar-refractivity contribution in [3.05, 3.63) is 42.1 Å². The van der Waals surface area contributed by atoms with Crippen LogP contribution in [0.4, 0.5) is 5.69 Å². The van der Waals surface area contributed by atoms with Gasteiger partial charge in [-0.25, -0.2) is 0 Å². The van der Waals surface area contributed by atoms with Crippen LogP contribution in [0.5, 0.6) is 0 Å². The molecule has 0 aromatic heterocycles. The van der Waals surface area contributed by atoms with Gasteiger partial charge in [0.05, 0.1) is 0 Å². The van der Waals surface area contributed by atoms with E-state index >= 15 is 0 Å². The van der Waals surface area contributed by atoms with Crippen molar-refractivity contribution in [2.75, 3.05) is 5.32 Å². The largest absolute Gasteiger partial charge is 0.362 e. The monoisotopic (exact) mass is 174 g/mol. The van der Waals surface area contributed by atoms with E-state index in [9.17, 15) is 0 Å². The summed E-state index contributed by atoms with van der Waals surface area (Å²) in [6, 6.07) is 8.12. The Balaban J connectivity index is 2.55. The zero-order chi connectivity index (χ0) is 9.68. The molecule has 1 aromatic rings. The smallest absolute Gasteiger partial charge is 0.0379 e. The summed E-state index contributed by atoms with van der Waals surface area (Å²) in [4.78, 5) is 0. The molecule has 1 rings (SSSR count). The summed E-state index contributed by atoms with van der Waals surface area (Å²) >= 11 is 0. The molecule has 1 aromatic carbocycles. The third-order valence-electron chi connectivity index (χ3n) is 1.63. The number of hydrogen-bond acceptors (Lipinski definition) is 2. The maximum atomic E-state index is 7.17. The third-order valence-corrected chi connectivity index (χ3v) is 1.63. The van der Waals surface area contributed by atoms with Crippen molar-refractivity contribution in [1.29, 1.82) is 5.41 Å². The molecule has 0 atom stereocenters. The minimum atomic E-state index is 0.541. The van der Waals surface area contributed by atoms with E-state index in [0.717, 1.165) is 5.69 Å². The van der Waals surface area contributed by atoms with Crippen LogP contribution in [0.25, 0.3) is 0 Å². The van der Waals surface area contributed by atoms with Gasteiger partial charge in [-0.3, -0.25) is 0 Å². The molecule has 0 amide bonds. The minimum absolute atomic E-state index is 0.541. The lowest BCUT2D eigenvalue weighted by Gasteiger charge is -1.99. The molecular formula is C11H14N2. The Morgan fingerprint density at radius 2 is 1.92 bits per heavy atom. The molecule has 2 heteroatoms. The summed E-state index contributed by atoms with van der Waals surface area (Å²) in [7, 11) is 0. The van der Waals surface area contributed by atoms with Crippen LogP contribution < -0.4 is 5.32 Å². The fourth-order valence-electron chi connectivity index (χ4n) is 0.913. The predicted molar refractivity (Wildman–Crippen MR) is 57.3 cm³/mol. The summed E-state index contributed by atoms with van der Waals surface area (Å²) in [5, 5.41) is 10.2. The van der Waals surface area contributed by atoms with Gasteiger partial charge in [-0.05, 0) is 32.1 Å². The first kappa shape index (κ1) is 9.52. The standard InChI is InChI=1S/C11H14N2/c1-9-3-5-11(6-4-9)13-8-7-10(2)12/h3-8,12-13H,1-2H3/b8-7-,12-10?. The minimum Gasteiger partial charge on any atom is -0.362 e. The Morgan fingerprint density at radius 3 is 2.46 bits per heavy atom. The number of nitrogens with one attached hydrogen (secondary N) is 2. The van der Waals surface area contributed by atoms with Crippen molar-refractivity contribution >= 4 is 11.4 Å². The van der Waals surface area contributed by atoms with E-state index in [1.54, 1.807) is 19.2 Å². The Kier molecular flexibility index (Phi) is 3.26. The Bertz CT molecular complexity index is 309. The molecule has 0 radical (unpaired) electrons.